The fraction of sp³-hybridized carbons (Fsp3) is 0.727. The second-order valence-electron chi connectivity index (χ2n) is 4.62. The summed E-state index contributed by atoms with van der Waals surface area (Å²) in [5.74, 6) is -1.46. The molecule has 1 aliphatic heterocycles. The van der Waals surface area contributed by atoms with E-state index in [0.29, 0.717) is 19.4 Å². The van der Waals surface area contributed by atoms with Crippen LogP contribution in [0.25, 0.3) is 0 Å². The van der Waals surface area contributed by atoms with Gasteiger partial charge in [0, 0.05) is 6.54 Å². The molecule has 6 heteroatoms. The smallest absolute Gasteiger partial charge is 0.323 e. The number of carbonyl (C=O) groups excluding carboxylic acids is 2. The Balaban J connectivity index is 2.08. The lowest BCUT2D eigenvalue weighted by Gasteiger charge is -2.40. The van der Waals surface area contributed by atoms with Crippen molar-refractivity contribution >= 4 is 17.8 Å². The number of aliphatic carboxylic acids is 1. The van der Waals surface area contributed by atoms with Crippen LogP contribution >= 0.6 is 0 Å². The molecule has 1 atom stereocenters. The lowest BCUT2D eigenvalue weighted by molar-refractivity contribution is -0.149. The normalized spacial score (nSPS) is 27.1. The molecule has 17 heavy (non-hydrogen) atoms. The van der Waals surface area contributed by atoms with E-state index in [9.17, 15) is 14.4 Å². The molecule has 0 spiro atoms. The summed E-state index contributed by atoms with van der Waals surface area (Å²) in [5.41, 5.74) is -0.996. The first-order chi connectivity index (χ1) is 8.00. The van der Waals surface area contributed by atoms with Crippen molar-refractivity contribution in [3.63, 3.8) is 0 Å². The SMILES string of the molecule is CCN1C(=O)CC(NC2(C(=O)O)CCC2)C1=O. The zero-order chi connectivity index (χ0) is 12.6. The van der Waals surface area contributed by atoms with Gasteiger partial charge in [0.25, 0.3) is 0 Å². The molecule has 1 heterocycles. The largest absolute Gasteiger partial charge is 0.480 e. The van der Waals surface area contributed by atoms with Gasteiger partial charge < -0.3 is 5.11 Å². The highest BCUT2D eigenvalue weighted by Crippen LogP contribution is 2.33. The zero-order valence-corrected chi connectivity index (χ0v) is 9.73. The summed E-state index contributed by atoms with van der Waals surface area (Å²) >= 11 is 0. The number of carbonyl (C=O) groups is 3. The maximum atomic E-state index is 11.8. The second-order valence-corrected chi connectivity index (χ2v) is 4.62. The molecule has 2 amide bonds. The van der Waals surface area contributed by atoms with Gasteiger partial charge in [-0.1, -0.05) is 0 Å². The number of imide groups is 1. The summed E-state index contributed by atoms with van der Waals surface area (Å²) in [6, 6.07) is -0.668. The number of carboxylic acid groups (broad SMARTS) is 1. The third kappa shape index (κ3) is 1.82. The molecule has 0 aromatic heterocycles. The fourth-order valence-electron chi connectivity index (χ4n) is 2.41. The molecule has 2 rings (SSSR count). The van der Waals surface area contributed by atoms with Gasteiger partial charge in [-0.05, 0) is 26.2 Å². The number of likely N-dealkylation sites (tertiary alicyclic amines) is 1. The molecule has 6 nitrogen and oxygen atoms in total. The van der Waals surface area contributed by atoms with E-state index in [1.807, 2.05) is 0 Å². The van der Waals surface area contributed by atoms with E-state index in [4.69, 9.17) is 5.11 Å². The number of nitrogens with one attached hydrogen (secondary N) is 1. The predicted octanol–water partition coefficient (Wildman–Crippen LogP) is -0.269. The lowest BCUT2D eigenvalue weighted by atomic mass is 9.76. The molecule has 0 aromatic carbocycles. The number of hydrogen-bond donors (Lipinski definition) is 2. The van der Waals surface area contributed by atoms with Crippen LogP contribution in [0.3, 0.4) is 0 Å². The quantitative estimate of drug-likeness (QED) is 0.661. The minimum absolute atomic E-state index is 0.0711. The average molecular weight is 240 g/mol. The second kappa shape index (κ2) is 4.10. The topological polar surface area (TPSA) is 86.7 Å². The highest BCUT2D eigenvalue weighted by Gasteiger charge is 2.49. The first kappa shape index (κ1) is 12.0. The van der Waals surface area contributed by atoms with E-state index in [1.54, 1.807) is 6.92 Å². The number of nitrogens with zero attached hydrogens (tertiary/aromatic N) is 1. The van der Waals surface area contributed by atoms with Crippen molar-refractivity contribution in [1.82, 2.24) is 10.2 Å². The molecule has 1 unspecified atom stereocenters. The summed E-state index contributed by atoms with van der Waals surface area (Å²) in [4.78, 5) is 35.7. The van der Waals surface area contributed by atoms with Gasteiger partial charge in [-0.2, -0.15) is 0 Å². The molecule has 2 fully saturated rings. The van der Waals surface area contributed by atoms with Crippen molar-refractivity contribution in [2.24, 2.45) is 0 Å². The van der Waals surface area contributed by atoms with Crippen molar-refractivity contribution in [3.8, 4) is 0 Å². The average Bonchev–Trinajstić information content (AvgIpc) is 2.47. The lowest BCUT2D eigenvalue weighted by Crippen LogP contribution is -2.61. The van der Waals surface area contributed by atoms with Gasteiger partial charge in [0.1, 0.15) is 5.54 Å². The summed E-state index contributed by atoms with van der Waals surface area (Å²) < 4.78 is 0. The molecular formula is C11H16N2O4. The van der Waals surface area contributed by atoms with Crippen molar-refractivity contribution in [3.05, 3.63) is 0 Å². The van der Waals surface area contributed by atoms with Crippen LogP contribution < -0.4 is 5.32 Å². The Hall–Kier alpha value is -1.43. The molecule has 1 saturated carbocycles. The third-order valence-corrected chi connectivity index (χ3v) is 3.63. The maximum absolute atomic E-state index is 11.8. The van der Waals surface area contributed by atoms with Crippen molar-refractivity contribution < 1.29 is 19.5 Å². The number of amides is 2. The Morgan fingerprint density at radius 3 is 2.53 bits per heavy atom. The van der Waals surface area contributed by atoms with Crippen molar-refractivity contribution in [2.45, 2.75) is 44.2 Å². The van der Waals surface area contributed by atoms with E-state index in [-0.39, 0.29) is 18.2 Å². The number of rotatable bonds is 4. The van der Waals surface area contributed by atoms with Gasteiger partial charge in [-0.25, -0.2) is 0 Å². The van der Waals surface area contributed by atoms with Crippen LogP contribution in [0.15, 0.2) is 0 Å². The van der Waals surface area contributed by atoms with Crippen LogP contribution in [0.4, 0.5) is 0 Å². The Kier molecular flexibility index (Phi) is 2.91. The van der Waals surface area contributed by atoms with Crippen molar-refractivity contribution in [2.75, 3.05) is 6.54 Å². The molecular weight excluding hydrogens is 224 g/mol. The van der Waals surface area contributed by atoms with Crippen LogP contribution in [0.1, 0.15) is 32.6 Å². The minimum atomic E-state index is -0.996. The van der Waals surface area contributed by atoms with Gasteiger partial charge in [-0.3, -0.25) is 24.6 Å². The van der Waals surface area contributed by atoms with E-state index >= 15 is 0 Å². The van der Waals surface area contributed by atoms with Gasteiger partial charge in [0.05, 0.1) is 12.5 Å². The Morgan fingerprint density at radius 2 is 2.18 bits per heavy atom. The van der Waals surface area contributed by atoms with E-state index < -0.39 is 17.6 Å². The van der Waals surface area contributed by atoms with Crippen molar-refractivity contribution in [1.29, 1.82) is 0 Å². The Labute approximate surface area is 99.0 Å². The van der Waals surface area contributed by atoms with Gasteiger partial charge in [-0.15, -0.1) is 0 Å². The van der Waals surface area contributed by atoms with E-state index in [1.165, 1.54) is 4.90 Å². The molecule has 1 saturated heterocycles. The molecule has 0 radical (unpaired) electrons. The fourth-order valence-corrected chi connectivity index (χ4v) is 2.41. The zero-order valence-electron chi connectivity index (χ0n) is 9.73. The van der Waals surface area contributed by atoms with Crippen LogP contribution in [-0.4, -0.2) is 45.9 Å². The Bertz CT molecular complexity index is 376. The number of carboxylic acids is 1. The van der Waals surface area contributed by atoms with Crippen LogP contribution in [0, 0.1) is 0 Å². The van der Waals surface area contributed by atoms with Gasteiger partial charge in [0.2, 0.25) is 11.8 Å². The minimum Gasteiger partial charge on any atom is -0.480 e. The molecule has 2 N–H and O–H groups in total. The van der Waals surface area contributed by atoms with Crippen LogP contribution in [-0.2, 0) is 14.4 Å². The Morgan fingerprint density at radius 1 is 1.53 bits per heavy atom. The maximum Gasteiger partial charge on any atom is 0.323 e. The molecule has 2 aliphatic rings. The van der Waals surface area contributed by atoms with E-state index in [2.05, 4.69) is 5.32 Å². The highest BCUT2D eigenvalue weighted by atomic mass is 16.4. The summed E-state index contributed by atoms with van der Waals surface area (Å²) in [6.07, 6.45) is 1.95. The van der Waals surface area contributed by atoms with Gasteiger partial charge in [0.15, 0.2) is 0 Å². The number of likely N-dealkylation sites (N-methyl/N-ethyl adjacent to an activating group) is 1. The highest BCUT2D eigenvalue weighted by molar-refractivity contribution is 6.05. The number of hydrogen-bond acceptors (Lipinski definition) is 4. The monoisotopic (exact) mass is 240 g/mol. The summed E-state index contributed by atoms with van der Waals surface area (Å²) in [6.45, 7) is 2.07. The van der Waals surface area contributed by atoms with E-state index in [0.717, 1.165) is 6.42 Å². The van der Waals surface area contributed by atoms with Crippen LogP contribution in [0.5, 0.6) is 0 Å². The standard InChI is InChI=1S/C11H16N2O4/c1-2-13-8(14)6-7(9(13)15)12-11(10(16)17)4-3-5-11/h7,12H,2-6H2,1H3,(H,16,17). The summed E-state index contributed by atoms with van der Waals surface area (Å²) in [5, 5.41) is 12.0. The first-order valence-electron chi connectivity index (χ1n) is 5.85. The summed E-state index contributed by atoms with van der Waals surface area (Å²) in [7, 11) is 0. The molecule has 0 bridgehead atoms. The molecule has 0 aromatic rings. The van der Waals surface area contributed by atoms with Gasteiger partial charge >= 0.3 is 5.97 Å². The predicted molar refractivity (Wildman–Crippen MR) is 58.2 cm³/mol. The third-order valence-electron chi connectivity index (χ3n) is 3.63. The molecule has 1 aliphatic carbocycles. The van der Waals surface area contributed by atoms with Crippen LogP contribution in [0.2, 0.25) is 0 Å². The first-order valence-corrected chi connectivity index (χ1v) is 5.85. The molecule has 94 valence electrons.